The van der Waals surface area contributed by atoms with Gasteiger partial charge in [-0.2, -0.15) is 0 Å². The summed E-state index contributed by atoms with van der Waals surface area (Å²) in [6, 6.07) is 1.62. The zero-order chi connectivity index (χ0) is 13.2. The van der Waals surface area contributed by atoms with E-state index in [2.05, 4.69) is 16.5 Å². The quantitative estimate of drug-likeness (QED) is 0.620. The molecular weight excluding hydrogens is 248 g/mol. The number of hydrogen-bond acceptors (Lipinski definition) is 4. The summed E-state index contributed by atoms with van der Waals surface area (Å²) in [4.78, 5) is 7.79. The Morgan fingerprint density at radius 1 is 1.50 bits per heavy atom. The Labute approximate surface area is 108 Å². The molecule has 0 N–H and O–H groups in total. The minimum Gasteiger partial charge on any atom is -0.227 e. The van der Waals surface area contributed by atoms with Crippen molar-refractivity contribution in [2.45, 2.75) is 43.0 Å². The zero-order valence-corrected chi connectivity index (χ0v) is 11.4. The predicted octanol–water partition coefficient (Wildman–Crippen LogP) is 2.39. The summed E-state index contributed by atoms with van der Waals surface area (Å²) in [7, 11) is -3.44. The first-order valence-corrected chi connectivity index (χ1v) is 7.67. The Hall–Kier alpha value is -1.23. The van der Waals surface area contributed by atoms with Crippen LogP contribution in [0.4, 0.5) is 0 Å². The van der Waals surface area contributed by atoms with Crippen molar-refractivity contribution in [1.82, 2.24) is 9.97 Å². The van der Waals surface area contributed by atoms with Crippen molar-refractivity contribution in [1.29, 1.82) is 0 Å². The van der Waals surface area contributed by atoms with Gasteiger partial charge in [-0.25, -0.2) is 18.4 Å². The molecule has 1 saturated carbocycles. The SMILES string of the molecule is C=CC[C@@]1(C)CCC[C@H]1S(=O)(=O)c1ncccn1. The van der Waals surface area contributed by atoms with Gasteiger partial charge in [0, 0.05) is 12.4 Å². The van der Waals surface area contributed by atoms with Gasteiger partial charge in [-0.3, -0.25) is 0 Å². The summed E-state index contributed by atoms with van der Waals surface area (Å²) in [5, 5.41) is -0.447. The molecule has 1 heterocycles. The van der Waals surface area contributed by atoms with Gasteiger partial charge in [0.05, 0.1) is 5.25 Å². The van der Waals surface area contributed by atoms with Crippen LogP contribution in [0.2, 0.25) is 0 Å². The van der Waals surface area contributed by atoms with Crippen molar-refractivity contribution in [3.8, 4) is 0 Å². The van der Waals surface area contributed by atoms with Crippen LogP contribution in [0.25, 0.3) is 0 Å². The molecule has 0 aliphatic heterocycles. The molecule has 1 aliphatic carbocycles. The van der Waals surface area contributed by atoms with Crippen molar-refractivity contribution in [3.63, 3.8) is 0 Å². The van der Waals surface area contributed by atoms with Gasteiger partial charge in [0.2, 0.25) is 15.0 Å². The van der Waals surface area contributed by atoms with E-state index in [0.29, 0.717) is 12.8 Å². The minimum atomic E-state index is -3.44. The first-order chi connectivity index (χ1) is 8.50. The van der Waals surface area contributed by atoms with Crippen LogP contribution in [0.1, 0.15) is 32.6 Å². The van der Waals surface area contributed by atoms with Crippen molar-refractivity contribution >= 4 is 9.84 Å². The number of allylic oxidation sites excluding steroid dienone is 1. The van der Waals surface area contributed by atoms with Crippen molar-refractivity contribution in [2.75, 3.05) is 0 Å². The molecule has 2 atom stereocenters. The zero-order valence-electron chi connectivity index (χ0n) is 10.5. The van der Waals surface area contributed by atoms with Crippen molar-refractivity contribution in [2.24, 2.45) is 5.41 Å². The maximum Gasteiger partial charge on any atom is 0.247 e. The molecule has 0 spiro atoms. The van der Waals surface area contributed by atoms with Gasteiger partial charge in [-0.15, -0.1) is 6.58 Å². The molecule has 98 valence electrons. The maximum atomic E-state index is 12.6. The lowest BCUT2D eigenvalue weighted by atomic mass is 9.85. The molecule has 1 fully saturated rings. The van der Waals surface area contributed by atoms with E-state index >= 15 is 0 Å². The van der Waals surface area contributed by atoms with Crippen LogP contribution in [0.5, 0.6) is 0 Å². The predicted molar refractivity (Wildman–Crippen MR) is 69.8 cm³/mol. The molecule has 1 aliphatic rings. The third-order valence-electron chi connectivity index (χ3n) is 3.77. The van der Waals surface area contributed by atoms with Gasteiger partial charge in [-0.05, 0) is 30.7 Å². The second kappa shape index (κ2) is 4.80. The highest BCUT2D eigenvalue weighted by molar-refractivity contribution is 7.91. The van der Waals surface area contributed by atoms with E-state index < -0.39 is 15.1 Å². The highest BCUT2D eigenvalue weighted by Gasteiger charge is 2.47. The Kier molecular flexibility index (Phi) is 3.52. The van der Waals surface area contributed by atoms with Crippen LogP contribution in [0.3, 0.4) is 0 Å². The molecule has 1 aromatic rings. The van der Waals surface area contributed by atoms with Crippen LogP contribution in [-0.4, -0.2) is 23.6 Å². The smallest absolute Gasteiger partial charge is 0.227 e. The topological polar surface area (TPSA) is 59.9 Å². The second-order valence-corrected chi connectivity index (χ2v) is 7.13. The van der Waals surface area contributed by atoms with E-state index in [4.69, 9.17) is 0 Å². The van der Waals surface area contributed by atoms with E-state index in [1.807, 2.05) is 6.92 Å². The number of aromatic nitrogens is 2. The Morgan fingerprint density at radius 3 is 2.78 bits per heavy atom. The first-order valence-electron chi connectivity index (χ1n) is 6.12. The largest absolute Gasteiger partial charge is 0.247 e. The number of sulfone groups is 1. The molecule has 0 aromatic carbocycles. The third-order valence-corrected chi connectivity index (χ3v) is 6.05. The lowest BCUT2D eigenvalue weighted by Crippen LogP contribution is -2.34. The fourth-order valence-corrected chi connectivity index (χ4v) is 4.96. The van der Waals surface area contributed by atoms with E-state index in [1.54, 1.807) is 12.1 Å². The average molecular weight is 266 g/mol. The monoisotopic (exact) mass is 266 g/mol. The van der Waals surface area contributed by atoms with Gasteiger partial charge in [0.1, 0.15) is 0 Å². The van der Waals surface area contributed by atoms with Gasteiger partial charge in [0.25, 0.3) is 0 Å². The summed E-state index contributed by atoms with van der Waals surface area (Å²) >= 11 is 0. The summed E-state index contributed by atoms with van der Waals surface area (Å²) in [5.41, 5.74) is -0.236. The minimum absolute atomic E-state index is 0.0489. The standard InChI is InChI=1S/C13H18N2O2S/c1-3-7-13(2)8-4-6-11(13)18(16,17)12-14-9-5-10-15-12/h3,5,9-11H,1,4,6-8H2,2H3/t11-,13+/m1/s1. The van der Waals surface area contributed by atoms with Crippen LogP contribution >= 0.6 is 0 Å². The highest BCUT2D eigenvalue weighted by atomic mass is 32.2. The first kappa shape index (κ1) is 13.2. The molecule has 18 heavy (non-hydrogen) atoms. The molecule has 4 nitrogen and oxygen atoms in total. The Bertz CT molecular complexity index is 527. The molecule has 0 amide bonds. The molecular formula is C13H18N2O2S. The van der Waals surface area contributed by atoms with E-state index in [1.165, 1.54) is 12.4 Å². The van der Waals surface area contributed by atoms with Gasteiger partial charge < -0.3 is 0 Å². The maximum absolute atomic E-state index is 12.6. The van der Waals surface area contributed by atoms with E-state index in [9.17, 15) is 8.42 Å². The van der Waals surface area contributed by atoms with Crippen molar-refractivity contribution < 1.29 is 8.42 Å². The summed E-state index contributed by atoms with van der Waals surface area (Å²) < 4.78 is 25.1. The van der Waals surface area contributed by atoms with Crippen LogP contribution in [0.15, 0.2) is 36.3 Å². The van der Waals surface area contributed by atoms with Crippen LogP contribution in [-0.2, 0) is 9.84 Å². The summed E-state index contributed by atoms with van der Waals surface area (Å²) in [6.07, 6.45) is 7.99. The number of hydrogen-bond donors (Lipinski definition) is 0. The molecule has 0 unspecified atom stereocenters. The molecule has 0 bridgehead atoms. The Morgan fingerprint density at radius 2 is 2.17 bits per heavy atom. The molecule has 1 aromatic heterocycles. The highest BCUT2D eigenvalue weighted by Crippen LogP contribution is 2.46. The van der Waals surface area contributed by atoms with Crippen LogP contribution < -0.4 is 0 Å². The molecule has 0 radical (unpaired) electrons. The second-order valence-electron chi connectivity index (χ2n) is 5.10. The van der Waals surface area contributed by atoms with Gasteiger partial charge in [-0.1, -0.05) is 19.4 Å². The lowest BCUT2D eigenvalue weighted by molar-refractivity contribution is 0.340. The number of rotatable bonds is 4. The van der Waals surface area contributed by atoms with Crippen molar-refractivity contribution in [3.05, 3.63) is 31.1 Å². The van der Waals surface area contributed by atoms with E-state index in [-0.39, 0.29) is 10.6 Å². The van der Waals surface area contributed by atoms with Gasteiger partial charge >= 0.3 is 0 Å². The summed E-state index contributed by atoms with van der Waals surface area (Å²) in [6.45, 7) is 5.75. The van der Waals surface area contributed by atoms with Gasteiger partial charge in [0.15, 0.2) is 0 Å². The fraction of sp³-hybridized carbons (Fsp3) is 0.538. The average Bonchev–Trinajstić information content (AvgIpc) is 2.73. The van der Waals surface area contributed by atoms with Crippen LogP contribution in [0, 0.1) is 5.41 Å². The molecule has 0 saturated heterocycles. The third kappa shape index (κ3) is 2.19. The Balaban J connectivity index is 2.39. The summed E-state index contributed by atoms with van der Waals surface area (Å²) in [5.74, 6) is 0. The molecule has 5 heteroatoms. The molecule has 2 rings (SSSR count). The fourth-order valence-electron chi connectivity index (χ4n) is 2.85. The number of nitrogens with zero attached hydrogens (tertiary/aromatic N) is 2. The lowest BCUT2D eigenvalue weighted by Gasteiger charge is -2.29. The van der Waals surface area contributed by atoms with E-state index in [0.717, 1.165) is 12.8 Å². The normalized spacial score (nSPS) is 28.2.